The third-order valence-electron chi connectivity index (χ3n) is 5.08. The molecular weight excluding hydrogens is 466 g/mol. The number of thioether (sulfide) groups is 1. The van der Waals surface area contributed by atoms with Gasteiger partial charge in [-0.25, -0.2) is 9.78 Å². The van der Waals surface area contributed by atoms with Crippen LogP contribution in [0.25, 0.3) is 5.69 Å². The number of aromatic nitrogens is 2. The summed E-state index contributed by atoms with van der Waals surface area (Å²) >= 11 is 4.79. The molecule has 154 valence electrons. The predicted octanol–water partition coefficient (Wildman–Crippen LogP) is 3.85. The number of fused-ring (bicyclic) bond motifs is 1. The van der Waals surface area contributed by atoms with Crippen molar-refractivity contribution in [3.8, 4) is 5.69 Å². The van der Waals surface area contributed by atoms with Crippen LogP contribution < -0.4 is 0 Å². The number of esters is 1. The molecular formula is C22H20BrN3O3S. The summed E-state index contributed by atoms with van der Waals surface area (Å²) in [6, 6.07) is 15.2. The Labute approximate surface area is 187 Å². The summed E-state index contributed by atoms with van der Waals surface area (Å²) in [6.07, 6.45) is 4.04. The molecule has 2 aromatic carbocycles. The molecule has 1 amide bonds. The van der Waals surface area contributed by atoms with E-state index in [0.29, 0.717) is 13.0 Å². The van der Waals surface area contributed by atoms with Gasteiger partial charge in [0.1, 0.15) is 6.04 Å². The van der Waals surface area contributed by atoms with Crippen LogP contribution in [0.1, 0.15) is 11.1 Å². The normalized spacial score (nSPS) is 15.5. The van der Waals surface area contributed by atoms with Gasteiger partial charge in [0.25, 0.3) is 0 Å². The standard InChI is InChI=1S/C22H20BrN3O3S/c1-29-21(28)19-12-15-4-2-3-5-16(15)13-26(19)20(27)14-30-22-24-10-11-25(22)18-8-6-17(23)7-9-18/h2-11,19H,12-14H2,1H3. The molecule has 0 spiro atoms. The lowest BCUT2D eigenvalue weighted by atomic mass is 9.94. The average molecular weight is 486 g/mol. The minimum atomic E-state index is -0.607. The number of imidazole rings is 1. The summed E-state index contributed by atoms with van der Waals surface area (Å²) in [5.41, 5.74) is 3.10. The lowest BCUT2D eigenvalue weighted by molar-refractivity contribution is -0.153. The van der Waals surface area contributed by atoms with Gasteiger partial charge in [0.05, 0.1) is 12.9 Å². The molecule has 0 bridgehead atoms. The Kier molecular flexibility index (Phi) is 6.24. The highest BCUT2D eigenvalue weighted by Crippen LogP contribution is 2.27. The first kappa shape index (κ1) is 20.7. The molecule has 3 aromatic rings. The highest BCUT2D eigenvalue weighted by atomic mass is 79.9. The molecule has 2 heterocycles. The van der Waals surface area contributed by atoms with Crippen molar-refractivity contribution in [3.63, 3.8) is 0 Å². The largest absolute Gasteiger partial charge is 0.467 e. The van der Waals surface area contributed by atoms with Gasteiger partial charge in [0.2, 0.25) is 5.91 Å². The Bertz CT molecular complexity index is 1070. The number of rotatable bonds is 5. The molecule has 30 heavy (non-hydrogen) atoms. The van der Waals surface area contributed by atoms with Crippen LogP contribution in [0, 0.1) is 0 Å². The fraction of sp³-hybridized carbons (Fsp3) is 0.227. The number of carbonyl (C=O) groups is 2. The first-order valence-electron chi connectivity index (χ1n) is 9.43. The van der Waals surface area contributed by atoms with Gasteiger partial charge in [-0.15, -0.1) is 0 Å². The van der Waals surface area contributed by atoms with E-state index in [2.05, 4.69) is 20.9 Å². The number of carbonyl (C=O) groups excluding carboxylic acids is 2. The second-order valence-electron chi connectivity index (χ2n) is 6.88. The van der Waals surface area contributed by atoms with Gasteiger partial charge in [-0.1, -0.05) is 52.0 Å². The molecule has 1 aliphatic rings. The number of hydrogen-bond acceptors (Lipinski definition) is 5. The number of ether oxygens (including phenoxy) is 1. The zero-order valence-electron chi connectivity index (χ0n) is 16.3. The smallest absolute Gasteiger partial charge is 0.328 e. The molecule has 0 saturated heterocycles. The first-order valence-corrected chi connectivity index (χ1v) is 11.2. The molecule has 1 aromatic heterocycles. The number of halogens is 1. The van der Waals surface area contributed by atoms with Crippen molar-refractivity contribution in [2.75, 3.05) is 12.9 Å². The molecule has 0 N–H and O–H groups in total. The van der Waals surface area contributed by atoms with Crippen LogP contribution >= 0.6 is 27.7 Å². The highest BCUT2D eigenvalue weighted by Gasteiger charge is 2.35. The van der Waals surface area contributed by atoms with Crippen LogP contribution in [0.5, 0.6) is 0 Å². The Morgan fingerprint density at radius 3 is 2.63 bits per heavy atom. The van der Waals surface area contributed by atoms with Crippen LogP contribution in [0.15, 0.2) is 70.6 Å². The van der Waals surface area contributed by atoms with Gasteiger partial charge in [-0.05, 0) is 35.4 Å². The topological polar surface area (TPSA) is 64.4 Å². The average Bonchev–Trinajstić information content (AvgIpc) is 3.25. The molecule has 0 radical (unpaired) electrons. The number of amides is 1. The summed E-state index contributed by atoms with van der Waals surface area (Å²) in [6.45, 7) is 0.399. The van der Waals surface area contributed by atoms with Crippen molar-refractivity contribution in [2.45, 2.75) is 24.2 Å². The highest BCUT2D eigenvalue weighted by molar-refractivity contribution is 9.10. The lowest BCUT2D eigenvalue weighted by Crippen LogP contribution is -2.49. The van der Waals surface area contributed by atoms with E-state index < -0.39 is 6.04 Å². The van der Waals surface area contributed by atoms with Gasteiger partial charge in [0, 0.05) is 35.5 Å². The molecule has 0 saturated carbocycles. The number of benzene rings is 2. The molecule has 6 nitrogen and oxygen atoms in total. The fourth-order valence-electron chi connectivity index (χ4n) is 3.54. The monoisotopic (exact) mass is 485 g/mol. The van der Waals surface area contributed by atoms with E-state index in [-0.39, 0.29) is 17.6 Å². The van der Waals surface area contributed by atoms with Crippen LogP contribution in [-0.4, -0.2) is 45.2 Å². The van der Waals surface area contributed by atoms with Crippen molar-refractivity contribution in [3.05, 3.63) is 76.5 Å². The van der Waals surface area contributed by atoms with E-state index >= 15 is 0 Å². The summed E-state index contributed by atoms with van der Waals surface area (Å²) in [5, 5.41) is 0.720. The molecule has 0 aliphatic carbocycles. The maximum absolute atomic E-state index is 13.1. The van der Waals surface area contributed by atoms with Crippen LogP contribution in [-0.2, 0) is 27.3 Å². The Balaban J connectivity index is 1.50. The SMILES string of the molecule is COC(=O)C1Cc2ccccc2CN1C(=O)CSc1nccn1-c1ccc(Br)cc1. The van der Waals surface area contributed by atoms with E-state index in [0.717, 1.165) is 26.4 Å². The third kappa shape index (κ3) is 4.29. The van der Waals surface area contributed by atoms with Crippen LogP contribution in [0.2, 0.25) is 0 Å². The number of nitrogens with zero attached hydrogens (tertiary/aromatic N) is 3. The van der Waals surface area contributed by atoms with Crippen molar-refractivity contribution >= 4 is 39.6 Å². The maximum atomic E-state index is 13.1. The maximum Gasteiger partial charge on any atom is 0.328 e. The van der Waals surface area contributed by atoms with Crippen molar-refractivity contribution in [1.29, 1.82) is 0 Å². The van der Waals surface area contributed by atoms with Gasteiger partial charge in [-0.2, -0.15) is 0 Å². The number of hydrogen-bond donors (Lipinski definition) is 0. The second kappa shape index (κ2) is 9.06. The Morgan fingerprint density at radius 2 is 1.90 bits per heavy atom. The molecule has 8 heteroatoms. The van der Waals surface area contributed by atoms with E-state index in [1.165, 1.54) is 18.9 Å². The minimum Gasteiger partial charge on any atom is -0.467 e. The Hall–Kier alpha value is -2.58. The van der Waals surface area contributed by atoms with E-state index in [9.17, 15) is 9.59 Å². The van der Waals surface area contributed by atoms with Gasteiger partial charge >= 0.3 is 5.97 Å². The van der Waals surface area contributed by atoms with E-state index in [4.69, 9.17) is 4.74 Å². The van der Waals surface area contributed by atoms with Gasteiger partial charge in [-0.3, -0.25) is 9.36 Å². The van der Waals surface area contributed by atoms with Crippen molar-refractivity contribution in [1.82, 2.24) is 14.5 Å². The lowest BCUT2D eigenvalue weighted by Gasteiger charge is -2.35. The zero-order valence-corrected chi connectivity index (χ0v) is 18.7. The zero-order chi connectivity index (χ0) is 21.1. The summed E-state index contributed by atoms with van der Waals surface area (Å²) < 4.78 is 7.90. The second-order valence-corrected chi connectivity index (χ2v) is 8.74. The molecule has 1 atom stereocenters. The molecule has 0 fully saturated rings. The summed E-state index contributed by atoms with van der Waals surface area (Å²) in [4.78, 5) is 31.4. The molecule has 1 aliphatic heterocycles. The van der Waals surface area contributed by atoms with Crippen molar-refractivity contribution < 1.29 is 14.3 Å². The van der Waals surface area contributed by atoms with E-state index in [1.807, 2.05) is 59.3 Å². The third-order valence-corrected chi connectivity index (χ3v) is 6.56. The van der Waals surface area contributed by atoms with Gasteiger partial charge < -0.3 is 9.64 Å². The van der Waals surface area contributed by atoms with Crippen molar-refractivity contribution in [2.24, 2.45) is 0 Å². The van der Waals surface area contributed by atoms with Crippen LogP contribution in [0.3, 0.4) is 0 Å². The molecule has 1 unspecified atom stereocenters. The summed E-state index contributed by atoms with van der Waals surface area (Å²) in [7, 11) is 1.36. The molecule has 4 rings (SSSR count). The number of methoxy groups -OCH3 is 1. The predicted molar refractivity (Wildman–Crippen MR) is 118 cm³/mol. The van der Waals surface area contributed by atoms with E-state index in [1.54, 1.807) is 11.1 Å². The fourth-order valence-corrected chi connectivity index (χ4v) is 4.66. The Morgan fingerprint density at radius 1 is 1.17 bits per heavy atom. The van der Waals surface area contributed by atoms with Crippen LogP contribution in [0.4, 0.5) is 0 Å². The van der Waals surface area contributed by atoms with Gasteiger partial charge in [0.15, 0.2) is 5.16 Å². The minimum absolute atomic E-state index is 0.116. The quantitative estimate of drug-likeness (QED) is 0.405. The summed E-state index contributed by atoms with van der Waals surface area (Å²) in [5.74, 6) is -0.321. The first-order chi connectivity index (χ1) is 14.6.